The quantitative estimate of drug-likeness (QED) is 0.837. The zero-order valence-corrected chi connectivity index (χ0v) is 9.67. The Hall–Kier alpha value is -1.76. The smallest absolute Gasteiger partial charge is 0.277 e. The standard InChI is InChI=1S/C11H13F3N2O2/c1-18-9-3-2-7(4-8(9)12)10(17)16-6-11(13,14)5-15/h2-4H,5-6,15H2,1H3,(H,16,17). The first kappa shape index (κ1) is 14.3. The Bertz CT molecular complexity index is 438. The van der Waals surface area contributed by atoms with Crippen molar-refractivity contribution in [1.29, 1.82) is 0 Å². The van der Waals surface area contributed by atoms with Gasteiger partial charge >= 0.3 is 0 Å². The van der Waals surface area contributed by atoms with E-state index in [1.807, 2.05) is 5.32 Å². The Morgan fingerprint density at radius 3 is 2.67 bits per heavy atom. The number of hydrogen-bond donors (Lipinski definition) is 2. The van der Waals surface area contributed by atoms with E-state index in [2.05, 4.69) is 4.74 Å². The van der Waals surface area contributed by atoms with Gasteiger partial charge in [-0.25, -0.2) is 13.2 Å². The van der Waals surface area contributed by atoms with Gasteiger partial charge in [-0.05, 0) is 18.2 Å². The summed E-state index contributed by atoms with van der Waals surface area (Å²) >= 11 is 0. The van der Waals surface area contributed by atoms with Crippen molar-refractivity contribution in [3.05, 3.63) is 29.6 Å². The molecule has 0 radical (unpaired) electrons. The van der Waals surface area contributed by atoms with Crippen LogP contribution in [0.3, 0.4) is 0 Å². The topological polar surface area (TPSA) is 64.3 Å². The van der Waals surface area contributed by atoms with Crippen LogP contribution in [0.2, 0.25) is 0 Å². The molecule has 100 valence electrons. The molecule has 0 fully saturated rings. The van der Waals surface area contributed by atoms with Crippen LogP contribution in [0.5, 0.6) is 5.75 Å². The van der Waals surface area contributed by atoms with Gasteiger partial charge in [0.1, 0.15) is 0 Å². The van der Waals surface area contributed by atoms with E-state index in [4.69, 9.17) is 5.73 Å². The third-order valence-corrected chi connectivity index (χ3v) is 2.22. The summed E-state index contributed by atoms with van der Waals surface area (Å²) in [5.74, 6) is -4.75. The minimum Gasteiger partial charge on any atom is -0.494 e. The average Bonchev–Trinajstić information content (AvgIpc) is 2.36. The van der Waals surface area contributed by atoms with E-state index in [0.717, 1.165) is 6.07 Å². The summed E-state index contributed by atoms with van der Waals surface area (Å²) in [6.45, 7) is -1.76. The summed E-state index contributed by atoms with van der Waals surface area (Å²) in [6.07, 6.45) is 0. The van der Waals surface area contributed by atoms with Crippen LogP contribution in [0.1, 0.15) is 10.4 Å². The highest BCUT2D eigenvalue weighted by atomic mass is 19.3. The predicted octanol–water partition coefficient (Wildman–Crippen LogP) is 1.16. The first-order valence-electron chi connectivity index (χ1n) is 5.09. The number of amides is 1. The highest BCUT2D eigenvalue weighted by Gasteiger charge is 2.27. The van der Waals surface area contributed by atoms with Crippen LogP contribution in [-0.4, -0.2) is 32.0 Å². The number of carbonyl (C=O) groups is 1. The molecule has 3 N–H and O–H groups in total. The van der Waals surface area contributed by atoms with Gasteiger partial charge in [0.2, 0.25) is 0 Å². The fraction of sp³-hybridized carbons (Fsp3) is 0.364. The van der Waals surface area contributed by atoms with Crippen molar-refractivity contribution >= 4 is 5.91 Å². The fourth-order valence-corrected chi connectivity index (χ4v) is 1.19. The second-order valence-corrected chi connectivity index (χ2v) is 3.59. The maximum Gasteiger partial charge on any atom is 0.277 e. The molecule has 0 aliphatic heterocycles. The number of carbonyl (C=O) groups excluding carboxylic acids is 1. The number of halogens is 3. The lowest BCUT2D eigenvalue weighted by Gasteiger charge is -2.14. The minimum absolute atomic E-state index is 0.0289. The van der Waals surface area contributed by atoms with E-state index in [1.54, 1.807) is 0 Å². The second kappa shape index (κ2) is 5.72. The zero-order chi connectivity index (χ0) is 13.8. The van der Waals surface area contributed by atoms with Crippen molar-refractivity contribution in [1.82, 2.24) is 5.32 Å². The number of methoxy groups -OCH3 is 1. The molecule has 1 aromatic carbocycles. The lowest BCUT2D eigenvalue weighted by atomic mass is 10.2. The van der Waals surface area contributed by atoms with Crippen molar-refractivity contribution in [2.45, 2.75) is 5.92 Å². The third-order valence-electron chi connectivity index (χ3n) is 2.22. The molecule has 1 amide bonds. The monoisotopic (exact) mass is 262 g/mol. The van der Waals surface area contributed by atoms with Crippen molar-refractivity contribution in [2.24, 2.45) is 5.73 Å². The minimum atomic E-state index is -3.18. The summed E-state index contributed by atoms with van der Waals surface area (Å²) in [6, 6.07) is 3.43. The Labute approximate surface area is 102 Å². The van der Waals surface area contributed by atoms with Crippen molar-refractivity contribution in [2.75, 3.05) is 20.2 Å². The van der Waals surface area contributed by atoms with Gasteiger partial charge in [-0.1, -0.05) is 0 Å². The van der Waals surface area contributed by atoms with Crippen molar-refractivity contribution in [3.8, 4) is 5.75 Å². The summed E-state index contributed by atoms with van der Waals surface area (Å²) in [5.41, 5.74) is 4.75. The van der Waals surface area contributed by atoms with Crippen LogP contribution >= 0.6 is 0 Å². The van der Waals surface area contributed by atoms with Crippen LogP contribution < -0.4 is 15.8 Å². The third kappa shape index (κ3) is 3.63. The molecule has 0 atom stereocenters. The lowest BCUT2D eigenvalue weighted by Crippen LogP contribution is -2.41. The molecular formula is C11H13F3N2O2. The first-order valence-corrected chi connectivity index (χ1v) is 5.09. The average molecular weight is 262 g/mol. The lowest BCUT2D eigenvalue weighted by molar-refractivity contribution is 0.0118. The number of ether oxygens (including phenoxy) is 1. The molecule has 0 unspecified atom stereocenters. The van der Waals surface area contributed by atoms with E-state index in [9.17, 15) is 18.0 Å². The SMILES string of the molecule is COc1ccc(C(=O)NCC(F)(F)CN)cc1F. The molecule has 0 saturated carbocycles. The first-order chi connectivity index (χ1) is 8.39. The Morgan fingerprint density at radius 1 is 1.50 bits per heavy atom. The van der Waals surface area contributed by atoms with Crippen molar-refractivity contribution in [3.63, 3.8) is 0 Å². The predicted molar refractivity (Wildman–Crippen MR) is 59.3 cm³/mol. The molecule has 18 heavy (non-hydrogen) atoms. The van der Waals surface area contributed by atoms with Gasteiger partial charge in [-0.2, -0.15) is 0 Å². The molecule has 0 saturated heterocycles. The zero-order valence-electron chi connectivity index (χ0n) is 9.67. The molecule has 0 spiro atoms. The van der Waals surface area contributed by atoms with E-state index in [1.165, 1.54) is 19.2 Å². The molecule has 0 aliphatic rings. The van der Waals surface area contributed by atoms with E-state index < -0.39 is 30.7 Å². The van der Waals surface area contributed by atoms with Gasteiger partial charge in [-0.3, -0.25) is 4.79 Å². The Morgan fingerprint density at radius 2 is 2.17 bits per heavy atom. The van der Waals surface area contributed by atoms with E-state index in [-0.39, 0.29) is 11.3 Å². The number of alkyl halides is 2. The van der Waals surface area contributed by atoms with Crippen LogP contribution in [0.25, 0.3) is 0 Å². The number of nitrogens with two attached hydrogens (primary N) is 1. The van der Waals surface area contributed by atoms with Crippen molar-refractivity contribution < 1.29 is 22.7 Å². The summed E-state index contributed by atoms with van der Waals surface area (Å²) in [5, 5.41) is 1.98. The van der Waals surface area contributed by atoms with Gasteiger partial charge in [0.15, 0.2) is 11.6 Å². The maximum atomic E-state index is 13.3. The van der Waals surface area contributed by atoms with Crippen LogP contribution in [0, 0.1) is 5.82 Å². The van der Waals surface area contributed by atoms with Gasteiger partial charge in [0.25, 0.3) is 11.8 Å². The van der Waals surface area contributed by atoms with Crippen LogP contribution in [-0.2, 0) is 0 Å². The Balaban J connectivity index is 2.71. The number of rotatable bonds is 5. The maximum absolute atomic E-state index is 13.3. The summed E-state index contributed by atoms with van der Waals surface area (Å²) in [4.78, 5) is 11.5. The molecule has 4 nitrogen and oxygen atoms in total. The van der Waals surface area contributed by atoms with Gasteiger partial charge < -0.3 is 15.8 Å². The van der Waals surface area contributed by atoms with E-state index >= 15 is 0 Å². The highest BCUT2D eigenvalue weighted by molar-refractivity contribution is 5.94. The Kier molecular flexibility index (Phi) is 4.55. The molecule has 0 aromatic heterocycles. The van der Waals surface area contributed by atoms with Crippen LogP contribution in [0.4, 0.5) is 13.2 Å². The van der Waals surface area contributed by atoms with E-state index in [0.29, 0.717) is 0 Å². The highest BCUT2D eigenvalue weighted by Crippen LogP contribution is 2.17. The molecule has 1 rings (SSSR count). The largest absolute Gasteiger partial charge is 0.494 e. The number of benzene rings is 1. The summed E-state index contributed by atoms with van der Waals surface area (Å²) in [7, 11) is 1.28. The number of nitrogens with one attached hydrogen (secondary N) is 1. The molecule has 1 aromatic rings. The summed E-state index contributed by atoms with van der Waals surface area (Å²) < 4.78 is 43.5. The number of hydrogen-bond acceptors (Lipinski definition) is 3. The molecule has 0 aliphatic carbocycles. The fourth-order valence-electron chi connectivity index (χ4n) is 1.19. The second-order valence-electron chi connectivity index (χ2n) is 3.59. The molecular weight excluding hydrogens is 249 g/mol. The normalized spacial score (nSPS) is 11.2. The van der Waals surface area contributed by atoms with Gasteiger partial charge in [0.05, 0.1) is 20.2 Å². The van der Waals surface area contributed by atoms with Crippen LogP contribution in [0.15, 0.2) is 18.2 Å². The molecule has 0 heterocycles. The molecule has 7 heteroatoms. The van der Waals surface area contributed by atoms with Gasteiger partial charge in [0, 0.05) is 5.56 Å². The molecule has 0 bridgehead atoms. The van der Waals surface area contributed by atoms with Gasteiger partial charge in [-0.15, -0.1) is 0 Å².